The first-order valence-corrected chi connectivity index (χ1v) is 7.78. The number of aryl methyl sites for hydroxylation is 1. The Morgan fingerprint density at radius 2 is 1.71 bits per heavy atom. The molecule has 0 unspecified atom stereocenters. The Balaban J connectivity index is 1.69. The van der Waals surface area contributed by atoms with Crippen LogP contribution >= 0.6 is 0 Å². The molecule has 2 aromatic carbocycles. The number of hydrogen-bond donors (Lipinski definition) is 1. The minimum absolute atomic E-state index is 0.213. The van der Waals surface area contributed by atoms with Gasteiger partial charge in [-0.3, -0.25) is 4.79 Å². The third kappa shape index (κ3) is 3.63. The fourth-order valence-corrected chi connectivity index (χ4v) is 2.26. The Morgan fingerprint density at radius 1 is 1.08 bits per heavy atom. The summed E-state index contributed by atoms with van der Waals surface area (Å²) in [6.07, 6.45) is 1.23. The fraction of sp³-hybridized carbons (Fsp3) is 0.158. The van der Waals surface area contributed by atoms with Crippen LogP contribution in [-0.2, 0) is 4.79 Å². The molecule has 1 amide bonds. The zero-order valence-electron chi connectivity index (χ0n) is 13.6. The summed E-state index contributed by atoms with van der Waals surface area (Å²) < 4.78 is 7.48. The molecule has 3 rings (SSSR count). The summed E-state index contributed by atoms with van der Waals surface area (Å²) in [5.74, 6) is 0.240. The number of benzene rings is 2. The molecule has 0 aliphatic heterocycles. The molecule has 0 bridgehead atoms. The number of anilines is 1. The van der Waals surface area contributed by atoms with Gasteiger partial charge in [0.15, 0.2) is 6.10 Å². The highest BCUT2D eigenvalue weighted by Gasteiger charge is 2.18. The van der Waals surface area contributed by atoms with Gasteiger partial charge >= 0.3 is 0 Å². The van der Waals surface area contributed by atoms with Crippen molar-refractivity contribution < 1.29 is 9.53 Å². The van der Waals surface area contributed by atoms with Crippen LogP contribution in [0.3, 0.4) is 0 Å². The molecule has 0 aliphatic rings. The Hall–Kier alpha value is -3.08. The van der Waals surface area contributed by atoms with E-state index in [9.17, 15) is 4.79 Å². The van der Waals surface area contributed by atoms with Gasteiger partial charge in [0.2, 0.25) is 5.88 Å². The summed E-state index contributed by atoms with van der Waals surface area (Å²) in [6.45, 7) is 3.61. The molecule has 5 nitrogen and oxygen atoms in total. The molecule has 3 aromatic rings. The molecule has 1 atom stereocenters. The fourth-order valence-electron chi connectivity index (χ4n) is 2.26. The predicted molar refractivity (Wildman–Crippen MR) is 93.5 cm³/mol. The summed E-state index contributed by atoms with van der Waals surface area (Å²) in [5, 5.41) is 7.25. The van der Waals surface area contributed by atoms with E-state index in [1.54, 1.807) is 11.6 Å². The van der Waals surface area contributed by atoms with Crippen molar-refractivity contribution in [2.75, 3.05) is 5.32 Å². The van der Waals surface area contributed by atoms with E-state index in [-0.39, 0.29) is 5.91 Å². The normalized spacial score (nSPS) is 11.8. The van der Waals surface area contributed by atoms with Crippen molar-refractivity contribution >= 4 is 11.6 Å². The highest BCUT2D eigenvalue weighted by Crippen LogP contribution is 2.19. The number of carbonyl (C=O) groups is 1. The number of ether oxygens (including phenoxy) is 1. The number of para-hydroxylation sites is 2. The lowest BCUT2D eigenvalue weighted by Crippen LogP contribution is -2.30. The lowest BCUT2D eigenvalue weighted by Gasteiger charge is -2.13. The molecular formula is C19H19N3O2. The second kappa shape index (κ2) is 7.00. The van der Waals surface area contributed by atoms with Gasteiger partial charge in [-0.1, -0.05) is 36.4 Å². The van der Waals surface area contributed by atoms with E-state index in [0.717, 1.165) is 16.9 Å². The largest absolute Gasteiger partial charge is 0.463 e. The van der Waals surface area contributed by atoms with Gasteiger partial charge in [0.05, 0.1) is 5.69 Å². The van der Waals surface area contributed by atoms with Crippen LogP contribution in [0.1, 0.15) is 12.5 Å². The van der Waals surface area contributed by atoms with E-state index >= 15 is 0 Å². The summed E-state index contributed by atoms with van der Waals surface area (Å²) in [6, 6.07) is 19.1. The first-order valence-electron chi connectivity index (χ1n) is 7.78. The van der Waals surface area contributed by atoms with Gasteiger partial charge in [0.1, 0.15) is 0 Å². The monoisotopic (exact) mass is 321 g/mol. The maximum absolute atomic E-state index is 12.2. The molecule has 0 aliphatic carbocycles. The van der Waals surface area contributed by atoms with Crippen molar-refractivity contribution in [3.05, 3.63) is 72.4 Å². The van der Waals surface area contributed by atoms with Gasteiger partial charge < -0.3 is 10.1 Å². The van der Waals surface area contributed by atoms with Gasteiger partial charge in [0, 0.05) is 17.4 Å². The van der Waals surface area contributed by atoms with Gasteiger partial charge in [-0.15, -0.1) is 5.10 Å². The van der Waals surface area contributed by atoms with Crippen LogP contribution < -0.4 is 10.1 Å². The van der Waals surface area contributed by atoms with E-state index in [4.69, 9.17) is 4.74 Å². The van der Waals surface area contributed by atoms with E-state index in [0.29, 0.717) is 5.88 Å². The maximum atomic E-state index is 12.2. The SMILES string of the molecule is Cc1cn(-c2ccccc2)nc1O[C@@H](C)C(=O)Nc1ccccc1. The zero-order chi connectivity index (χ0) is 16.9. The molecule has 0 spiro atoms. The number of amides is 1. The zero-order valence-corrected chi connectivity index (χ0v) is 13.6. The molecule has 1 heterocycles. The predicted octanol–water partition coefficient (Wildman–Crippen LogP) is 3.59. The van der Waals surface area contributed by atoms with Gasteiger partial charge in [-0.05, 0) is 38.1 Å². The highest BCUT2D eigenvalue weighted by atomic mass is 16.5. The standard InChI is InChI=1S/C19H19N3O2/c1-14-13-22(17-11-7-4-8-12-17)21-19(14)24-15(2)18(23)20-16-9-5-3-6-10-16/h3-13,15H,1-2H3,(H,20,23)/t15-/m0/s1. The minimum Gasteiger partial charge on any atom is -0.463 e. The topological polar surface area (TPSA) is 56.2 Å². The number of carbonyl (C=O) groups excluding carboxylic acids is 1. The van der Waals surface area contributed by atoms with Crippen molar-refractivity contribution in [2.45, 2.75) is 20.0 Å². The smallest absolute Gasteiger partial charge is 0.265 e. The average Bonchev–Trinajstić information content (AvgIpc) is 2.97. The lowest BCUT2D eigenvalue weighted by atomic mass is 10.3. The molecule has 0 radical (unpaired) electrons. The number of nitrogens with one attached hydrogen (secondary N) is 1. The summed E-state index contributed by atoms with van der Waals surface area (Å²) >= 11 is 0. The van der Waals surface area contributed by atoms with E-state index in [1.165, 1.54) is 0 Å². The van der Waals surface area contributed by atoms with Crippen LogP contribution in [0.2, 0.25) is 0 Å². The lowest BCUT2D eigenvalue weighted by molar-refractivity contribution is -0.122. The maximum Gasteiger partial charge on any atom is 0.265 e. The Bertz CT molecular complexity index is 813. The molecule has 0 fully saturated rings. The molecule has 1 aromatic heterocycles. The number of aromatic nitrogens is 2. The van der Waals surface area contributed by atoms with E-state index in [1.807, 2.05) is 73.8 Å². The van der Waals surface area contributed by atoms with Gasteiger partial charge in [0.25, 0.3) is 5.91 Å². The molecule has 5 heteroatoms. The molecule has 0 saturated carbocycles. The molecular weight excluding hydrogens is 302 g/mol. The van der Waals surface area contributed by atoms with Gasteiger partial charge in [-0.25, -0.2) is 4.68 Å². The van der Waals surface area contributed by atoms with Crippen LogP contribution in [0.15, 0.2) is 66.9 Å². The Labute approximate surface area is 140 Å². The summed E-state index contributed by atoms with van der Waals surface area (Å²) in [4.78, 5) is 12.2. The van der Waals surface area contributed by atoms with Crippen LogP contribution in [0.4, 0.5) is 5.69 Å². The van der Waals surface area contributed by atoms with Crippen molar-refractivity contribution in [1.29, 1.82) is 0 Å². The molecule has 24 heavy (non-hydrogen) atoms. The number of rotatable bonds is 5. The van der Waals surface area contributed by atoms with Crippen LogP contribution in [0, 0.1) is 6.92 Å². The van der Waals surface area contributed by atoms with Crippen molar-refractivity contribution in [3.8, 4) is 11.6 Å². The molecule has 1 N–H and O–H groups in total. The third-order valence-electron chi connectivity index (χ3n) is 3.57. The van der Waals surface area contributed by atoms with E-state index in [2.05, 4.69) is 10.4 Å². The number of nitrogens with zero attached hydrogens (tertiary/aromatic N) is 2. The highest BCUT2D eigenvalue weighted by molar-refractivity contribution is 5.94. The van der Waals surface area contributed by atoms with Crippen molar-refractivity contribution in [3.63, 3.8) is 0 Å². The van der Waals surface area contributed by atoms with Gasteiger partial charge in [-0.2, -0.15) is 0 Å². The van der Waals surface area contributed by atoms with Crippen LogP contribution in [0.25, 0.3) is 5.69 Å². The Morgan fingerprint density at radius 3 is 2.38 bits per heavy atom. The summed E-state index contributed by atoms with van der Waals surface area (Å²) in [7, 11) is 0. The van der Waals surface area contributed by atoms with Crippen LogP contribution in [0.5, 0.6) is 5.88 Å². The molecule has 0 saturated heterocycles. The van der Waals surface area contributed by atoms with Crippen LogP contribution in [-0.4, -0.2) is 21.8 Å². The Kier molecular flexibility index (Phi) is 4.61. The minimum atomic E-state index is -0.650. The summed E-state index contributed by atoms with van der Waals surface area (Å²) in [5.41, 5.74) is 2.56. The van der Waals surface area contributed by atoms with Crippen molar-refractivity contribution in [1.82, 2.24) is 9.78 Å². The second-order valence-corrected chi connectivity index (χ2v) is 5.51. The van der Waals surface area contributed by atoms with Crippen molar-refractivity contribution in [2.24, 2.45) is 0 Å². The quantitative estimate of drug-likeness (QED) is 0.781. The van der Waals surface area contributed by atoms with E-state index < -0.39 is 6.10 Å². The molecule has 122 valence electrons. The first-order chi connectivity index (χ1) is 11.6. The third-order valence-corrected chi connectivity index (χ3v) is 3.57. The second-order valence-electron chi connectivity index (χ2n) is 5.51. The first kappa shape index (κ1) is 15.8. The average molecular weight is 321 g/mol. The number of hydrogen-bond acceptors (Lipinski definition) is 3.